The van der Waals surface area contributed by atoms with Gasteiger partial charge in [0.2, 0.25) is 5.91 Å². The van der Waals surface area contributed by atoms with Gasteiger partial charge in [-0.05, 0) is 44.0 Å². The van der Waals surface area contributed by atoms with E-state index in [4.69, 9.17) is 0 Å². The Hall–Kier alpha value is -1.000. The summed E-state index contributed by atoms with van der Waals surface area (Å²) in [7, 11) is 0. The normalized spacial score (nSPS) is 16.3. The summed E-state index contributed by atoms with van der Waals surface area (Å²) in [6.07, 6.45) is 3.28. The zero-order valence-electron chi connectivity index (χ0n) is 11.4. The van der Waals surface area contributed by atoms with Crippen LogP contribution in [-0.4, -0.2) is 30.0 Å². The average molecular weight is 278 g/mol. The van der Waals surface area contributed by atoms with E-state index >= 15 is 0 Å². The summed E-state index contributed by atoms with van der Waals surface area (Å²) in [5.41, 5.74) is 2.16. The van der Waals surface area contributed by atoms with Crippen molar-refractivity contribution in [1.29, 1.82) is 0 Å². The Bertz CT molecular complexity index is 416. The Morgan fingerprint density at radius 2 is 2.11 bits per heavy atom. The molecule has 0 saturated carbocycles. The number of thioether (sulfide) groups is 1. The van der Waals surface area contributed by atoms with E-state index in [1.54, 1.807) is 11.8 Å². The smallest absolute Gasteiger partial charge is 0.234 e. The van der Waals surface area contributed by atoms with Crippen molar-refractivity contribution >= 4 is 23.4 Å². The Labute approximate surface area is 119 Å². The van der Waals surface area contributed by atoms with Crippen LogP contribution in [0.25, 0.3) is 0 Å². The van der Waals surface area contributed by atoms with Crippen molar-refractivity contribution in [2.24, 2.45) is 0 Å². The van der Waals surface area contributed by atoms with Crippen molar-refractivity contribution in [2.45, 2.75) is 31.4 Å². The largest absolute Gasteiger partial charge is 0.325 e. The standard InChI is InChI=1S/C15H22N2OS/c1-2-12-5-3-4-6-14(12)17-15(18)11-19-13-7-9-16-10-8-13/h3-6,13,16H,2,7-11H2,1H3,(H,17,18). The van der Waals surface area contributed by atoms with Gasteiger partial charge in [0.25, 0.3) is 0 Å². The number of piperidine rings is 1. The Balaban J connectivity index is 1.80. The van der Waals surface area contributed by atoms with Crippen molar-refractivity contribution in [3.63, 3.8) is 0 Å². The van der Waals surface area contributed by atoms with Gasteiger partial charge in [0.05, 0.1) is 5.75 Å². The molecule has 3 nitrogen and oxygen atoms in total. The number of amides is 1. The van der Waals surface area contributed by atoms with Crippen LogP contribution in [0.3, 0.4) is 0 Å². The van der Waals surface area contributed by atoms with Gasteiger partial charge in [-0.15, -0.1) is 11.8 Å². The third-order valence-corrected chi connectivity index (χ3v) is 4.78. The molecule has 0 unspecified atom stereocenters. The number of para-hydroxylation sites is 1. The monoisotopic (exact) mass is 278 g/mol. The quantitative estimate of drug-likeness (QED) is 0.870. The van der Waals surface area contributed by atoms with Crippen LogP contribution in [0.5, 0.6) is 0 Å². The first-order valence-corrected chi connectivity index (χ1v) is 8.04. The summed E-state index contributed by atoms with van der Waals surface area (Å²) in [5.74, 6) is 0.673. The van der Waals surface area contributed by atoms with E-state index in [-0.39, 0.29) is 5.91 Å². The second-order valence-corrected chi connectivity index (χ2v) is 6.11. The maximum absolute atomic E-state index is 12.0. The zero-order valence-corrected chi connectivity index (χ0v) is 12.3. The van der Waals surface area contributed by atoms with Crippen molar-refractivity contribution in [3.05, 3.63) is 29.8 Å². The third-order valence-electron chi connectivity index (χ3n) is 3.41. The molecule has 1 amide bonds. The van der Waals surface area contributed by atoms with E-state index in [1.165, 1.54) is 18.4 Å². The lowest BCUT2D eigenvalue weighted by Gasteiger charge is -2.21. The molecule has 1 fully saturated rings. The number of aryl methyl sites for hydroxylation is 1. The van der Waals surface area contributed by atoms with Crippen molar-refractivity contribution in [3.8, 4) is 0 Å². The van der Waals surface area contributed by atoms with Gasteiger partial charge in [-0.3, -0.25) is 4.79 Å². The summed E-state index contributed by atoms with van der Waals surface area (Å²) < 4.78 is 0. The number of nitrogens with one attached hydrogen (secondary N) is 2. The molecular formula is C15H22N2OS. The molecular weight excluding hydrogens is 256 g/mol. The molecule has 0 atom stereocenters. The highest BCUT2D eigenvalue weighted by molar-refractivity contribution is 8.00. The number of benzene rings is 1. The van der Waals surface area contributed by atoms with Crippen molar-refractivity contribution < 1.29 is 4.79 Å². The zero-order chi connectivity index (χ0) is 13.5. The van der Waals surface area contributed by atoms with Gasteiger partial charge in [0.1, 0.15) is 0 Å². The fourth-order valence-electron chi connectivity index (χ4n) is 2.29. The molecule has 0 aliphatic carbocycles. The van der Waals surface area contributed by atoms with E-state index in [0.29, 0.717) is 11.0 Å². The average Bonchev–Trinajstić information content (AvgIpc) is 2.47. The fourth-order valence-corrected chi connectivity index (χ4v) is 3.32. The molecule has 1 aliphatic heterocycles. The van der Waals surface area contributed by atoms with Crippen LogP contribution in [0.4, 0.5) is 5.69 Å². The van der Waals surface area contributed by atoms with Crippen LogP contribution in [0.2, 0.25) is 0 Å². The lowest BCUT2D eigenvalue weighted by atomic mass is 10.1. The van der Waals surface area contributed by atoms with Gasteiger partial charge in [0.15, 0.2) is 0 Å². The van der Waals surface area contributed by atoms with E-state index in [2.05, 4.69) is 23.6 Å². The maximum Gasteiger partial charge on any atom is 0.234 e. The predicted octanol–water partition coefficient (Wildman–Crippen LogP) is 2.67. The maximum atomic E-state index is 12.0. The Morgan fingerprint density at radius 3 is 2.84 bits per heavy atom. The molecule has 1 aromatic rings. The molecule has 0 bridgehead atoms. The van der Waals surface area contributed by atoms with Gasteiger partial charge in [-0.1, -0.05) is 25.1 Å². The predicted molar refractivity (Wildman–Crippen MR) is 82.8 cm³/mol. The fraction of sp³-hybridized carbons (Fsp3) is 0.533. The minimum absolute atomic E-state index is 0.115. The van der Waals surface area contributed by atoms with Crippen molar-refractivity contribution in [2.75, 3.05) is 24.2 Å². The first kappa shape index (κ1) is 14.4. The summed E-state index contributed by atoms with van der Waals surface area (Å²) in [6.45, 7) is 4.27. The SMILES string of the molecule is CCc1ccccc1NC(=O)CSC1CCNCC1. The number of carbonyl (C=O) groups is 1. The molecule has 1 heterocycles. The number of rotatable bonds is 5. The molecule has 1 saturated heterocycles. The Kier molecular flexibility index (Phi) is 5.73. The summed E-state index contributed by atoms with van der Waals surface area (Å²) >= 11 is 1.79. The lowest BCUT2D eigenvalue weighted by Crippen LogP contribution is -2.30. The molecule has 1 aliphatic rings. The van der Waals surface area contributed by atoms with E-state index in [1.807, 2.05) is 18.2 Å². The molecule has 0 aromatic heterocycles. The third kappa shape index (κ3) is 4.55. The second-order valence-electron chi connectivity index (χ2n) is 4.82. The molecule has 4 heteroatoms. The molecule has 0 radical (unpaired) electrons. The van der Waals surface area contributed by atoms with Crippen LogP contribution >= 0.6 is 11.8 Å². The second kappa shape index (κ2) is 7.56. The van der Waals surface area contributed by atoms with Crippen LogP contribution < -0.4 is 10.6 Å². The highest BCUT2D eigenvalue weighted by Gasteiger charge is 2.15. The first-order chi connectivity index (χ1) is 9.29. The van der Waals surface area contributed by atoms with E-state index < -0.39 is 0 Å². The van der Waals surface area contributed by atoms with Gasteiger partial charge in [-0.25, -0.2) is 0 Å². The van der Waals surface area contributed by atoms with Crippen LogP contribution in [0.15, 0.2) is 24.3 Å². The lowest BCUT2D eigenvalue weighted by molar-refractivity contribution is -0.113. The Morgan fingerprint density at radius 1 is 1.37 bits per heavy atom. The van der Waals surface area contributed by atoms with E-state index in [9.17, 15) is 4.79 Å². The number of hydrogen-bond acceptors (Lipinski definition) is 3. The van der Waals surface area contributed by atoms with Crippen LogP contribution in [-0.2, 0) is 11.2 Å². The first-order valence-electron chi connectivity index (χ1n) is 6.99. The van der Waals surface area contributed by atoms with Crippen LogP contribution in [0.1, 0.15) is 25.3 Å². The number of hydrogen-bond donors (Lipinski definition) is 2. The molecule has 2 N–H and O–H groups in total. The van der Waals surface area contributed by atoms with Crippen LogP contribution in [0, 0.1) is 0 Å². The van der Waals surface area contributed by atoms with Gasteiger partial charge < -0.3 is 10.6 Å². The summed E-state index contributed by atoms with van der Waals surface area (Å²) in [4.78, 5) is 12.0. The number of anilines is 1. The molecule has 2 rings (SSSR count). The number of carbonyl (C=O) groups excluding carboxylic acids is 1. The summed E-state index contributed by atoms with van der Waals surface area (Å²) in [5, 5.41) is 7.00. The summed E-state index contributed by atoms with van der Waals surface area (Å²) in [6, 6.07) is 8.02. The molecule has 0 spiro atoms. The topological polar surface area (TPSA) is 41.1 Å². The minimum atomic E-state index is 0.115. The van der Waals surface area contributed by atoms with Gasteiger partial charge >= 0.3 is 0 Å². The highest BCUT2D eigenvalue weighted by atomic mass is 32.2. The van der Waals surface area contributed by atoms with Gasteiger partial charge in [0, 0.05) is 10.9 Å². The molecule has 104 valence electrons. The van der Waals surface area contributed by atoms with E-state index in [0.717, 1.165) is 25.2 Å². The molecule has 1 aromatic carbocycles. The molecule has 19 heavy (non-hydrogen) atoms. The van der Waals surface area contributed by atoms with Crippen molar-refractivity contribution in [1.82, 2.24) is 5.32 Å². The van der Waals surface area contributed by atoms with Gasteiger partial charge in [-0.2, -0.15) is 0 Å². The highest BCUT2D eigenvalue weighted by Crippen LogP contribution is 2.21. The minimum Gasteiger partial charge on any atom is -0.325 e.